The molecule has 6 aromatic carbocycles. The Morgan fingerprint density at radius 3 is 1.80 bits per heavy atom. The first-order chi connectivity index (χ1) is 27.7. The lowest BCUT2D eigenvalue weighted by molar-refractivity contribution is 1.16. The van der Waals surface area contributed by atoms with Gasteiger partial charge in [-0.2, -0.15) is 0 Å². The maximum atomic E-state index is 5.36. The Balaban J connectivity index is 1.19. The number of aromatic nitrogens is 5. The molecule has 0 atom stereocenters. The minimum atomic E-state index is 0.648. The molecular weight excluding hydrogens is 703 g/mol. The number of hydrogen-bond acceptors (Lipinski definition) is 5. The summed E-state index contributed by atoms with van der Waals surface area (Å²) in [5, 5.41) is 3.59. The number of thiophene rings is 1. The van der Waals surface area contributed by atoms with Crippen LogP contribution >= 0.6 is 11.3 Å². The van der Waals surface area contributed by atoms with E-state index in [1.807, 2.05) is 36.7 Å². The molecule has 0 amide bonds. The highest BCUT2D eigenvalue weighted by Gasteiger charge is 2.19. The molecule has 0 spiro atoms. The van der Waals surface area contributed by atoms with Gasteiger partial charge in [-0.1, -0.05) is 109 Å². The quantitative estimate of drug-likeness (QED) is 0.171. The molecule has 5 aromatic heterocycles. The van der Waals surface area contributed by atoms with Crippen LogP contribution in [0, 0.1) is 0 Å². The van der Waals surface area contributed by atoms with Gasteiger partial charge in [-0.15, -0.1) is 11.3 Å². The van der Waals surface area contributed by atoms with Gasteiger partial charge in [-0.05, 0) is 72.3 Å². The first-order valence-electron chi connectivity index (χ1n) is 18.6. The van der Waals surface area contributed by atoms with Crippen LogP contribution in [0.5, 0.6) is 0 Å². The summed E-state index contributed by atoms with van der Waals surface area (Å²) in [6.45, 7) is 0. The van der Waals surface area contributed by atoms with E-state index in [-0.39, 0.29) is 0 Å². The van der Waals surface area contributed by atoms with E-state index in [4.69, 9.17) is 15.0 Å². The summed E-state index contributed by atoms with van der Waals surface area (Å²) in [5.41, 5.74) is 13.1. The van der Waals surface area contributed by atoms with Crippen LogP contribution < -0.4 is 0 Å². The zero-order chi connectivity index (χ0) is 37.0. The molecule has 0 aliphatic carbocycles. The maximum Gasteiger partial charge on any atom is 0.160 e. The topological polar surface area (TPSA) is 56.5 Å². The van der Waals surface area contributed by atoms with Gasteiger partial charge in [0, 0.05) is 66.8 Å². The van der Waals surface area contributed by atoms with Crippen molar-refractivity contribution < 1.29 is 0 Å². The lowest BCUT2D eigenvalue weighted by atomic mass is 10.00. The van der Waals surface area contributed by atoms with Crippen LogP contribution in [0.25, 0.3) is 104 Å². The Labute approximate surface area is 326 Å². The molecule has 5 nitrogen and oxygen atoms in total. The van der Waals surface area contributed by atoms with E-state index in [1.54, 1.807) is 11.3 Å². The van der Waals surface area contributed by atoms with Crippen molar-refractivity contribution in [3.8, 4) is 62.0 Å². The molecule has 0 N–H and O–H groups in total. The summed E-state index contributed by atoms with van der Waals surface area (Å²) >= 11 is 1.79. The number of nitrogens with zero attached hydrogens (tertiary/aromatic N) is 5. The molecule has 0 aliphatic rings. The fraction of sp³-hybridized carbons (Fsp3) is 0. The molecule has 6 heteroatoms. The van der Waals surface area contributed by atoms with Crippen molar-refractivity contribution in [2.75, 3.05) is 0 Å². The second-order valence-corrected chi connectivity index (χ2v) is 14.9. The zero-order valence-corrected chi connectivity index (χ0v) is 30.9. The average Bonchev–Trinajstić information content (AvgIpc) is 3.83. The van der Waals surface area contributed by atoms with Crippen molar-refractivity contribution in [2.24, 2.45) is 0 Å². The Morgan fingerprint density at radius 1 is 0.411 bits per heavy atom. The highest BCUT2D eigenvalue weighted by Crippen LogP contribution is 2.42. The van der Waals surface area contributed by atoms with Crippen LogP contribution in [0.15, 0.2) is 188 Å². The van der Waals surface area contributed by atoms with E-state index >= 15 is 0 Å². The van der Waals surface area contributed by atoms with Gasteiger partial charge in [0.15, 0.2) is 5.82 Å². The highest BCUT2D eigenvalue weighted by atomic mass is 32.1. The largest absolute Gasteiger partial charge is 0.309 e. The molecular formula is C50H31N5S. The minimum absolute atomic E-state index is 0.648. The molecule has 11 rings (SSSR count). The van der Waals surface area contributed by atoms with E-state index in [0.717, 1.165) is 77.4 Å². The van der Waals surface area contributed by atoms with Gasteiger partial charge in [0.05, 0.1) is 38.3 Å². The van der Waals surface area contributed by atoms with Gasteiger partial charge < -0.3 is 4.57 Å². The predicted molar refractivity (Wildman–Crippen MR) is 232 cm³/mol. The Kier molecular flexibility index (Phi) is 7.60. The molecule has 0 fully saturated rings. The van der Waals surface area contributed by atoms with Gasteiger partial charge in [0.25, 0.3) is 0 Å². The van der Waals surface area contributed by atoms with Gasteiger partial charge in [-0.25, -0.2) is 9.97 Å². The van der Waals surface area contributed by atoms with Crippen LogP contribution in [0.2, 0.25) is 0 Å². The lowest BCUT2D eigenvalue weighted by Gasteiger charge is -2.15. The molecule has 0 radical (unpaired) electrons. The number of para-hydroxylation sites is 2. The number of fused-ring (bicyclic) bond motifs is 6. The highest BCUT2D eigenvalue weighted by molar-refractivity contribution is 7.26. The molecule has 11 aromatic rings. The molecule has 5 heterocycles. The van der Waals surface area contributed by atoms with Crippen molar-refractivity contribution in [3.63, 3.8) is 0 Å². The van der Waals surface area contributed by atoms with E-state index in [2.05, 4.69) is 161 Å². The predicted octanol–water partition coefficient (Wildman–Crippen LogP) is 13.1. The summed E-state index contributed by atoms with van der Waals surface area (Å²) in [5.74, 6) is 0.648. The van der Waals surface area contributed by atoms with Crippen molar-refractivity contribution in [1.82, 2.24) is 24.5 Å². The Hall–Kier alpha value is -7.28. The molecule has 0 saturated heterocycles. The Bertz CT molecular complexity index is 3200. The van der Waals surface area contributed by atoms with Crippen LogP contribution in [-0.2, 0) is 0 Å². The number of pyridine rings is 2. The molecule has 0 aliphatic heterocycles. The van der Waals surface area contributed by atoms with Gasteiger partial charge >= 0.3 is 0 Å². The van der Waals surface area contributed by atoms with Crippen molar-refractivity contribution >= 4 is 53.4 Å². The second-order valence-electron chi connectivity index (χ2n) is 13.9. The van der Waals surface area contributed by atoms with Crippen LogP contribution in [0.4, 0.5) is 0 Å². The summed E-state index contributed by atoms with van der Waals surface area (Å²) in [6, 6.07) is 61.6. The lowest BCUT2D eigenvalue weighted by Crippen LogP contribution is -1.99. The zero-order valence-electron chi connectivity index (χ0n) is 30.0. The van der Waals surface area contributed by atoms with Gasteiger partial charge in [0.2, 0.25) is 0 Å². The minimum Gasteiger partial charge on any atom is -0.309 e. The average molecular weight is 734 g/mol. The third kappa shape index (κ3) is 5.46. The smallest absolute Gasteiger partial charge is 0.160 e. The van der Waals surface area contributed by atoms with Crippen LogP contribution in [0.3, 0.4) is 0 Å². The summed E-state index contributed by atoms with van der Waals surface area (Å²) in [4.78, 5) is 20.2. The first kappa shape index (κ1) is 32.2. The Morgan fingerprint density at radius 2 is 1.04 bits per heavy atom. The molecule has 56 heavy (non-hydrogen) atoms. The fourth-order valence-electron chi connectivity index (χ4n) is 7.91. The SMILES string of the molecule is c1ccc(-c2cc(-c3cccc(-c4ccccn4)c3)nc(-c3cc(-c4ccnc5c4sc4ccccc45)cc(-n4c5ccccc5c5ccccc54)c3)n2)cc1. The van der Waals surface area contributed by atoms with E-state index in [0.29, 0.717) is 5.82 Å². The van der Waals surface area contributed by atoms with Crippen LogP contribution in [0.1, 0.15) is 0 Å². The molecule has 262 valence electrons. The molecule has 0 unspecified atom stereocenters. The van der Waals surface area contributed by atoms with E-state index < -0.39 is 0 Å². The van der Waals surface area contributed by atoms with Crippen molar-refractivity contribution in [3.05, 3.63) is 188 Å². The summed E-state index contributed by atoms with van der Waals surface area (Å²) in [7, 11) is 0. The number of benzene rings is 6. The van der Waals surface area contributed by atoms with Crippen molar-refractivity contribution in [2.45, 2.75) is 0 Å². The third-order valence-electron chi connectivity index (χ3n) is 10.5. The fourth-order valence-corrected chi connectivity index (χ4v) is 9.11. The van der Waals surface area contributed by atoms with Crippen molar-refractivity contribution in [1.29, 1.82) is 0 Å². The second kappa shape index (κ2) is 13.2. The van der Waals surface area contributed by atoms with E-state index in [9.17, 15) is 0 Å². The summed E-state index contributed by atoms with van der Waals surface area (Å²) in [6.07, 6.45) is 3.76. The molecule has 0 saturated carbocycles. The number of hydrogen-bond donors (Lipinski definition) is 0. The summed E-state index contributed by atoms with van der Waals surface area (Å²) < 4.78 is 4.75. The van der Waals surface area contributed by atoms with Gasteiger partial charge in [-0.3, -0.25) is 9.97 Å². The van der Waals surface area contributed by atoms with Gasteiger partial charge in [0.1, 0.15) is 0 Å². The normalized spacial score (nSPS) is 11.6. The van der Waals surface area contributed by atoms with E-state index in [1.165, 1.54) is 20.9 Å². The first-order valence-corrected chi connectivity index (χ1v) is 19.4. The third-order valence-corrected chi connectivity index (χ3v) is 11.7. The monoisotopic (exact) mass is 733 g/mol. The molecule has 0 bridgehead atoms. The maximum absolute atomic E-state index is 5.36. The standard InChI is InChI=1S/C50H31N5S/c1-2-13-32(14-3-1)43-31-44(34-16-12-15-33(27-34)42-20-10-11-25-51-42)54-50(53-43)36-28-35(38-24-26-52-48-41-19-6-9-23-47(41)56-49(38)48)29-37(30-36)55-45-21-7-4-17-39(45)40-18-5-8-22-46(40)55/h1-31H. The van der Waals surface area contributed by atoms with Crippen LogP contribution in [-0.4, -0.2) is 24.5 Å². The number of rotatable bonds is 6.